The summed E-state index contributed by atoms with van der Waals surface area (Å²) in [6.45, 7) is 4.11. The van der Waals surface area contributed by atoms with E-state index in [2.05, 4.69) is 11.6 Å². The Morgan fingerprint density at radius 2 is 1.83 bits per heavy atom. The molecule has 0 atom stereocenters. The van der Waals surface area contributed by atoms with Crippen LogP contribution in [-0.2, 0) is 4.79 Å². The minimum Gasteiger partial charge on any atom is -0.508 e. The van der Waals surface area contributed by atoms with Crippen molar-refractivity contribution in [2.45, 2.75) is 0 Å². The number of phenols is 1. The van der Waals surface area contributed by atoms with Gasteiger partial charge in [0, 0.05) is 6.54 Å². The second-order valence-electron chi connectivity index (χ2n) is 5.14. The van der Waals surface area contributed by atoms with Crippen molar-refractivity contribution in [1.29, 1.82) is 0 Å². The first-order valence-corrected chi connectivity index (χ1v) is 8.24. The summed E-state index contributed by atoms with van der Waals surface area (Å²) in [5.74, 6) is 0.1000. The molecule has 0 radical (unpaired) electrons. The first kappa shape index (κ1) is 16.1. The molecule has 0 saturated carbocycles. The lowest BCUT2D eigenvalue weighted by atomic mass is 10.2. The highest BCUT2D eigenvalue weighted by atomic mass is 32.2. The number of carbonyl (C=O) groups excluding carboxylic acids is 1. The van der Waals surface area contributed by atoms with Crippen molar-refractivity contribution in [3.63, 3.8) is 0 Å². The third-order valence-electron chi connectivity index (χ3n) is 3.37. The standard InChI is InChI=1S/C19H16N2O2S/c1-2-12-21-18(23)17(13-14-6-4-3-5-7-14)24-19(21)20-15-8-10-16(22)11-9-15/h2-11,13,22H,1,12H2/b17-13-,20-19?. The van der Waals surface area contributed by atoms with E-state index < -0.39 is 0 Å². The quantitative estimate of drug-likeness (QED) is 0.673. The number of aliphatic imine (C=N–C) groups is 1. The number of amidine groups is 1. The van der Waals surface area contributed by atoms with Gasteiger partial charge < -0.3 is 5.11 Å². The Morgan fingerprint density at radius 3 is 2.50 bits per heavy atom. The average molecular weight is 336 g/mol. The van der Waals surface area contributed by atoms with Gasteiger partial charge >= 0.3 is 0 Å². The maximum absolute atomic E-state index is 12.6. The molecule has 2 aromatic rings. The summed E-state index contributed by atoms with van der Waals surface area (Å²) >= 11 is 1.34. The number of phenolic OH excluding ortho intramolecular Hbond substituents is 1. The first-order valence-electron chi connectivity index (χ1n) is 7.42. The number of nitrogens with zero attached hydrogens (tertiary/aromatic N) is 2. The zero-order chi connectivity index (χ0) is 16.9. The number of hydrogen-bond acceptors (Lipinski definition) is 4. The predicted molar refractivity (Wildman–Crippen MR) is 99.1 cm³/mol. The fourth-order valence-electron chi connectivity index (χ4n) is 2.22. The van der Waals surface area contributed by atoms with Crippen molar-refractivity contribution >= 4 is 34.6 Å². The second-order valence-corrected chi connectivity index (χ2v) is 6.15. The molecule has 1 saturated heterocycles. The predicted octanol–water partition coefficient (Wildman–Crippen LogP) is 4.18. The monoisotopic (exact) mass is 336 g/mol. The molecule has 120 valence electrons. The van der Waals surface area contributed by atoms with E-state index in [1.54, 1.807) is 35.2 Å². The smallest absolute Gasteiger partial charge is 0.267 e. The van der Waals surface area contributed by atoms with Gasteiger partial charge in [-0.3, -0.25) is 9.69 Å². The first-order chi connectivity index (χ1) is 11.7. The third kappa shape index (κ3) is 3.58. The number of aromatic hydroxyl groups is 1. The maximum Gasteiger partial charge on any atom is 0.267 e. The Balaban J connectivity index is 1.94. The lowest BCUT2D eigenvalue weighted by Crippen LogP contribution is -2.29. The van der Waals surface area contributed by atoms with Gasteiger partial charge in [0.15, 0.2) is 5.17 Å². The van der Waals surface area contributed by atoms with E-state index in [1.807, 2.05) is 36.4 Å². The summed E-state index contributed by atoms with van der Waals surface area (Å²) in [4.78, 5) is 19.4. The molecule has 1 amide bonds. The van der Waals surface area contributed by atoms with Crippen molar-refractivity contribution in [3.05, 3.63) is 77.7 Å². The van der Waals surface area contributed by atoms with Gasteiger partial charge in [-0.05, 0) is 47.7 Å². The molecular weight excluding hydrogens is 320 g/mol. The summed E-state index contributed by atoms with van der Waals surface area (Å²) < 4.78 is 0. The van der Waals surface area contributed by atoms with Gasteiger partial charge in [0.25, 0.3) is 5.91 Å². The molecule has 5 heteroatoms. The minimum atomic E-state index is -0.0821. The van der Waals surface area contributed by atoms with Gasteiger partial charge in [-0.1, -0.05) is 36.4 Å². The van der Waals surface area contributed by atoms with Crippen LogP contribution in [0.15, 0.2) is 77.1 Å². The highest BCUT2D eigenvalue weighted by molar-refractivity contribution is 8.18. The van der Waals surface area contributed by atoms with Crippen molar-refractivity contribution < 1.29 is 9.90 Å². The normalized spacial score (nSPS) is 17.7. The summed E-state index contributed by atoms with van der Waals surface area (Å²) in [5.41, 5.74) is 1.65. The van der Waals surface area contributed by atoms with Crippen molar-refractivity contribution in [3.8, 4) is 5.75 Å². The molecular formula is C19H16N2O2S. The van der Waals surface area contributed by atoms with Gasteiger partial charge in [-0.2, -0.15) is 0 Å². The highest BCUT2D eigenvalue weighted by Crippen LogP contribution is 2.34. The van der Waals surface area contributed by atoms with E-state index in [4.69, 9.17) is 0 Å². The number of carbonyl (C=O) groups is 1. The molecule has 1 N–H and O–H groups in total. The van der Waals surface area contributed by atoms with Crippen LogP contribution < -0.4 is 0 Å². The molecule has 0 spiro atoms. The van der Waals surface area contributed by atoms with Crippen LogP contribution in [0.2, 0.25) is 0 Å². The number of hydrogen-bond donors (Lipinski definition) is 1. The van der Waals surface area contributed by atoms with Crippen LogP contribution in [0.3, 0.4) is 0 Å². The lowest BCUT2D eigenvalue weighted by Gasteiger charge is -2.12. The van der Waals surface area contributed by atoms with Gasteiger partial charge in [0.05, 0.1) is 10.6 Å². The summed E-state index contributed by atoms with van der Waals surface area (Å²) in [5, 5.41) is 9.97. The van der Waals surface area contributed by atoms with Crippen LogP contribution in [0.4, 0.5) is 5.69 Å². The minimum absolute atomic E-state index is 0.0821. The largest absolute Gasteiger partial charge is 0.508 e. The van der Waals surface area contributed by atoms with E-state index in [0.717, 1.165) is 5.56 Å². The maximum atomic E-state index is 12.6. The van der Waals surface area contributed by atoms with Gasteiger partial charge in [-0.25, -0.2) is 4.99 Å². The Bertz CT molecular complexity index is 811. The molecule has 2 aromatic carbocycles. The van der Waals surface area contributed by atoms with E-state index >= 15 is 0 Å². The molecule has 1 fully saturated rings. The highest BCUT2D eigenvalue weighted by Gasteiger charge is 2.32. The van der Waals surface area contributed by atoms with Crippen LogP contribution in [0.25, 0.3) is 6.08 Å². The second kappa shape index (κ2) is 7.19. The molecule has 3 rings (SSSR count). The van der Waals surface area contributed by atoms with Crippen LogP contribution >= 0.6 is 11.8 Å². The molecule has 1 aliphatic heterocycles. The van der Waals surface area contributed by atoms with Crippen molar-refractivity contribution in [2.75, 3.05) is 6.54 Å². The van der Waals surface area contributed by atoms with Crippen molar-refractivity contribution in [1.82, 2.24) is 4.90 Å². The van der Waals surface area contributed by atoms with Gasteiger partial charge in [0.1, 0.15) is 5.75 Å². The van der Waals surface area contributed by atoms with Crippen LogP contribution in [0.1, 0.15) is 5.56 Å². The molecule has 4 nitrogen and oxygen atoms in total. The fourth-order valence-corrected chi connectivity index (χ4v) is 3.23. The molecule has 0 aromatic heterocycles. The van der Waals surface area contributed by atoms with E-state index in [-0.39, 0.29) is 11.7 Å². The number of benzene rings is 2. The molecule has 1 aliphatic rings. The van der Waals surface area contributed by atoms with Crippen molar-refractivity contribution in [2.24, 2.45) is 4.99 Å². The number of rotatable bonds is 4. The molecule has 1 heterocycles. The zero-order valence-electron chi connectivity index (χ0n) is 12.9. The number of amides is 1. The summed E-state index contributed by atoms with van der Waals surface area (Å²) in [7, 11) is 0. The lowest BCUT2D eigenvalue weighted by molar-refractivity contribution is -0.121. The summed E-state index contributed by atoms with van der Waals surface area (Å²) in [6.07, 6.45) is 3.54. The van der Waals surface area contributed by atoms with Crippen LogP contribution in [0.5, 0.6) is 5.75 Å². The van der Waals surface area contributed by atoms with E-state index in [1.165, 1.54) is 11.8 Å². The Morgan fingerprint density at radius 1 is 1.12 bits per heavy atom. The molecule has 0 bridgehead atoms. The van der Waals surface area contributed by atoms with E-state index in [9.17, 15) is 9.90 Å². The molecule has 0 aliphatic carbocycles. The Hall–Kier alpha value is -2.79. The summed E-state index contributed by atoms with van der Waals surface area (Å²) in [6, 6.07) is 16.3. The average Bonchev–Trinajstić information content (AvgIpc) is 2.87. The Kier molecular flexibility index (Phi) is 4.82. The molecule has 24 heavy (non-hydrogen) atoms. The number of thioether (sulfide) groups is 1. The zero-order valence-corrected chi connectivity index (χ0v) is 13.7. The van der Waals surface area contributed by atoms with E-state index in [0.29, 0.717) is 22.3 Å². The van der Waals surface area contributed by atoms with Gasteiger partial charge in [-0.15, -0.1) is 6.58 Å². The van der Waals surface area contributed by atoms with Gasteiger partial charge in [0.2, 0.25) is 0 Å². The fraction of sp³-hybridized carbons (Fsp3) is 0.0526. The van der Waals surface area contributed by atoms with Crippen LogP contribution in [-0.4, -0.2) is 27.6 Å². The van der Waals surface area contributed by atoms with Crippen LogP contribution in [0, 0.1) is 0 Å². The Labute approximate surface area is 144 Å². The SMILES string of the molecule is C=CCN1C(=O)/C(=C/c2ccccc2)SC1=Nc1ccc(O)cc1. The topological polar surface area (TPSA) is 52.9 Å². The third-order valence-corrected chi connectivity index (χ3v) is 4.38. The molecule has 0 unspecified atom stereocenters.